The summed E-state index contributed by atoms with van der Waals surface area (Å²) in [4.78, 5) is 3.93. The molecule has 2 rings (SSSR count). The quantitative estimate of drug-likeness (QED) is 0.752. The van der Waals surface area contributed by atoms with E-state index in [0.29, 0.717) is 16.9 Å². The average Bonchev–Trinajstić information content (AvgIpc) is 2.47. The molecule has 1 saturated carbocycles. The summed E-state index contributed by atoms with van der Waals surface area (Å²) in [7, 11) is 4.36. The molecule has 1 aliphatic heterocycles. The van der Waals surface area contributed by atoms with Crippen LogP contribution in [0.1, 0.15) is 40.0 Å². The molecular formula is C15H30N3S+. The van der Waals surface area contributed by atoms with E-state index in [0.717, 1.165) is 24.7 Å². The largest absolute Gasteiger partial charge is 0.357 e. The van der Waals surface area contributed by atoms with Gasteiger partial charge in [-0.3, -0.25) is 0 Å². The van der Waals surface area contributed by atoms with Crippen LogP contribution in [0.4, 0.5) is 0 Å². The van der Waals surface area contributed by atoms with Gasteiger partial charge < -0.3 is 15.1 Å². The molecule has 4 heteroatoms. The third-order valence-electron chi connectivity index (χ3n) is 4.58. The molecule has 0 aromatic heterocycles. The van der Waals surface area contributed by atoms with Crippen molar-refractivity contribution in [1.82, 2.24) is 10.2 Å². The first-order chi connectivity index (χ1) is 8.71. The Morgan fingerprint density at radius 2 is 2.00 bits per heavy atom. The number of hydrogen-bond donors (Lipinski definition) is 2. The smallest absolute Gasteiger partial charge is 0.169 e. The summed E-state index contributed by atoms with van der Waals surface area (Å²) in [6, 6.07) is 0.653. The lowest BCUT2D eigenvalue weighted by molar-refractivity contribution is -0.856. The van der Waals surface area contributed by atoms with Crippen molar-refractivity contribution in [3.63, 3.8) is 0 Å². The van der Waals surface area contributed by atoms with Gasteiger partial charge in [0.05, 0.1) is 27.2 Å². The topological polar surface area (TPSA) is 19.7 Å². The van der Waals surface area contributed by atoms with Gasteiger partial charge in [-0.25, -0.2) is 0 Å². The maximum Gasteiger partial charge on any atom is 0.169 e. The fourth-order valence-corrected chi connectivity index (χ4v) is 4.53. The number of thiocarbonyl (C=S) groups is 1. The van der Waals surface area contributed by atoms with Gasteiger partial charge in [-0.15, -0.1) is 0 Å². The van der Waals surface area contributed by atoms with Crippen LogP contribution in [0.3, 0.4) is 0 Å². The minimum atomic E-state index is 0.463. The maximum atomic E-state index is 5.62. The second kappa shape index (κ2) is 5.21. The predicted molar refractivity (Wildman–Crippen MR) is 84.5 cm³/mol. The van der Waals surface area contributed by atoms with E-state index in [1.807, 2.05) is 0 Å². The Morgan fingerprint density at radius 3 is 2.63 bits per heavy atom. The highest BCUT2D eigenvalue weighted by molar-refractivity contribution is 7.80. The van der Waals surface area contributed by atoms with Crippen molar-refractivity contribution in [2.24, 2.45) is 10.8 Å². The molecule has 2 aliphatic rings. The van der Waals surface area contributed by atoms with E-state index in [1.165, 1.54) is 24.2 Å². The molecule has 0 amide bonds. The number of quaternary nitrogens is 1. The van der Waals surface area contributed by atoms with E-state index >= 15 is 0 Å². The van der Waals surface area contributed by atoms with Crippen LogP contribution in [0, 0.1) is 10.8 Å². The molecule has 2 bridgehead atoms. The molecule has 1 heterocycles. The number of rotatable bonds is 3. The van der Waals surface area contributed by atoms with Crippen LogP contribution >= 0.6 is 12.2 Å². The Kier molecular flexibility index (Phi) is 4.12. The molecule has 0 aromatic carbocycles. The Hall–Kier alpha value is -0.350. The molecule has 19 heavy (non-hydrogen) atoms. The van der Waals surface area contributed by atoms with E-state index in [2.05, 4.69) is 45.1 Å². The van der Waals surface area contributed by atoms with E-state index in [9.17, 15) is 0 Å². The second-order valence-corrected chi connectivity index (χ2v) is 8.42. The van der Waals surface area contributed by atoms with Crippen LogP contribution in [0.25, 0.3) is 0 Å². The van der Waals surface area contributed by atoms with Gasteiger partial charge in [-0.1, -0.05) is 20.8 Å². The van der Waals surface area contributed by atoms with Crippen molar-refractivity contribution < 1.29 is 4.90 Å². The van der Waals surface area contributed by atoms with Gasteiger partial charge in [0, 0.05) is 12.6 Å². The zero-order valence-corrected chi connectivity index (χ0v) is 14.0. The lowest BCUT2D eigenvalue weighted by atomic mass is 9.65. The van der Waals surface area contributed by atoms with Crippen LogP contribution < -0.4 is 10.2 Å². The molecule has 1 saturated heterocycles. The monoisotopic (exact) mass is 284 g/mol. The summed E-state index contributed by atoms with van der Waals surface area (Å²) in [6.45, 7) is 10.5. The fraction of sp³-hybridized carbons (Fsp3) is 0.933. The first-order valence-electron chi connectivity index (χ1n) is 7.54. The zero-order chi connectivity index (χ0) is 14.3. The molecule has 0 aromatic rings. The Morgan fingerprint density at radius 1 is 1.32 bits per heavy atom. The standard InChI is InChI=1S/C15H29N3S/c1-14(2)8-12-9-15(3,10-14)11-18(12)13(19)16-6-7-17(4)5/h12H,6-11H2,1-5H3,(H,16,19)/p+1/t12-,15-/m1/s1. The van der Waals surface area contributed by atoms with Crippen molar-refractivity contribution in [3.8, 4) is 0 Å². The number of likely N-dealkylation sites (N-methyl/N-ethyl adjacent to an activating group) is 1. The SMILES string of the molecule is C[NH+](C)CCNC(=S)N1C[C@]2(C)C[C@H]1CC(C)(C)C2. The minimum Gasteiger partial charge on any atom is -0.357 e. The molecule has 3 nitrogen and oxygen atoms in total. The molecule has 2 atom stereocenters. The van der Waals surface area contributed by atoms with Gasteiger partial charge in [0.15, 0.2) is 5.11 Å². The highest BCUT2D eigenvalue weighted by Crippen LogP contribution is 2.52. The van der Waals surface area contributed by atoms with Crippen molar-refractivity contribution in [3.05, 3.63) is 0 Å². The highest BCUT2D eigenvalue weighted by Gasteiger charge is 2.50. The average molecular weight is 284 g/mol. The Bertz CT molecular complexity index is 353. The minimum absolute atomic E-state index is 0.463. The lowest BCUT2D eigenvalue weighted by Crippen LogP contribution is -3.06. The first-order valence-corrected chi connectivity index (χ1v) is 7.95. The maximum absolute atomic E-state index is 5.62. The fourth-order valence-electron chi connectivity index (χ4n) is 4.22. The number of nitrogens with one attached hydrogen (secondary N) is 2. The van der Waals surface area contributed by atoms with Crippen LogP contribution in [0.15, 0.2) is 0 Å². The summed E-state index contributed by atoms with van der Waals surface area (Å²) >= 11 is 5.62. The highest BCUT2D eigenvalue weighted by atomic mass is 32.1. The van der Waals surface area contributed by atoms with Crippen molar-refractivity contribution in [2.45, 2.75) is 46.1 Å². The molecule has 110 valence electrons. The number of hydrogen-bond acceptors (Lipinski definition) is 1. The number of likely N-dealkylation sites (tertiary alicyclic amines) is 1. The summed E-state index contributed by atoms with van der Waals surface area (Å²) in [6.07, 6.45) is 3.93. The van der Waals surface area contributed by atoms with Crippen LogP contribution in [0.2, 0.25) is 0 Å². The van der Waals surface area contributed by atoms with E-state index < -0.39 is 0 Å². The van der Waals surface area contributed by atoms with Crippen LogP contribution in [-0.4, -0.2) is 49.8 Å². The van der Waals surface area contributed by atoms with Gasteiger partial charge in [0.2, 0.25) is 0 Å². The second-order valence-electron chi connectivity index (χ2n) is 8.03. The Balaban J connectivity index is 1.93. The van der Waals surface area contributed by atoms with E-state index in [-0.39, 0.29) is 0 Å². The molecule has 0 unspecified atom stereocenters. The lowest BCUT2D eigenvalue weighted by Gasteiger charge is -2.39. The summed E-state index contributed by atoms with van der Waals surface area (Å²) < 4.78 is 0. The van der Waals surface area contributed by atoms with E-state index in [1.54, 1.807) is 0 Å². The zero-order valence-electron chi connectivity index (χ0n) is 13.2. The summed E-state index contributed by atoms with van der Waals surface area (Å²) in [5.41, 5.74) is 0.931. The van der Waals surface area contributed by atoms with E-state index in [4.69, 9.17) is 12.2 Å². The Labute approximate surface area is 123 Å². The van der Waals surface area contributed by atoms with Gasteiger partial charge in [-0.05, 0) is 42.3 Å². The molecule has 2 N–H and O–H groups in total. The first kappa shape index (κ1) is 15.0. The normalized spacial score (nSPS) is 32.7. The molecule has 0 spiro atoms. The number of fused-ring (bicyclic) bond motifs is 2. The molecule has 2 fully saturated rings. The van der Waals surface area contributed by atoms with Crippen LogP contribution in [-0.2, 0) is 0 Å². The van der Waals surface area contributed by atoms with Crippen molar-refractivity contribution in [2.75, 3.05) is 33.7 Å². The van der Waals surface area contributed by atoms with Crippen LogP contribution in [0.5, 0.6) is 0 Å². The third kappa shape index (κ3) is 3.60. The van der Waals surface area contributed by atoms with Gasteiger partial charge >= 0.3 is 0 Å². The molecule has 1 aliphatic carbocycles. The predicted octanol–water partition coefficient (Wildman–Crippen LogP) is 0.906. The van der Waals surface area contributed by atoms with Gasteiger partial charge in [0.25, 0.3) is 0 Å². The third-order valence-corrected chi connectivity index (χ3v) is 4.96. The van der Waals surface area contributed by atoms with Crippen molar-refractivity contribution in [1.29, 1.82) is 0 Å². The van der Waals surface area contributed by atoms with Gasteiger partial charge in [0.1, 0.15) is 0 Å². The molecule has 0 radical (unpaired) electrons. The summed E-state index contributed by atoms with van der Waals surface area (Å²) in [5, 5.41) is 4.43. The van der Waals surface area contributed by atoms with Gasteiger partial charge in [-0.2, -0.15) is 0 Å². The summed E-state index contributed by atoms with van der Waals surface area (Å²) in [5.74, 6) is 0. The number of nitrogens with zero attached hydrogens (tertiary/aromatic N) is 1. The molecular weight excluding hydrogens is 254 g/mol. The van der Waals surface area contributed by atoms with Crippen molar-refractivity contribution >= 4 is 17.3 Å².